The Hall–Kier alpha value is -4.65. The number of nitrogens with zero attached hydrogens (tertiary/aromatic N) is 2. The molecule has 1 spiro atoms. The third-order valence-electron chi connectivity index (χ3n) is 12.4. The molecule has 2 aromatic rings. The molecule has 1 saturated heterocycles. The maximum absolute atomic E-state index is 14.8. The van der Waals surface area contributed by atoms with Crippen LogP contribution in [-0.4, -0.2) is 104 Å². The summed E-state index contributed by atoms with van der Waals surface area (Å²) in [5.41, 5.74) is -4.57. The molecule has 4 heterocycles. The van der Waals surface area contributed by atoms with Crippen molar-refractivity contribution in [2.24, 2.45) is 11.3 Å². The summed E-state index contributed by atoms with van der Waals surface area (Å²) in [5, 5.41) is 5.87. The molecule has 1 aromatic carbocycles. The second kappa shape index (κ2) is 16.2. The van der Waals surface area contributed by atoms with Gasteiger partial charge in [-0.2, -0.15) is 13.2 Å². The Morgan fingerprint density at radius 1 is 1.07 bits per heavy atom. The van der Waals surface area contributed by atoms with E-state index in [1.807, 2.05) is 26.8 Å². The summed E-state index contributed by atoms with van der Waals surface area (Å²) < 4.78 is 94.7. The van der Waals surface area contributed by atoms with Gasteiger partial charge in [-0.3, -0.25) is 19.1 Å². The predicted octanol–water partition coefficient (Wildman–Crippen LogP) is 5.09. The third-order valence-corrected chi connectivity index (χ3v) is 14.5. The Balaban J connectivity index is 1.26. The van der Waals surface area contributed by atoms with Gasteiger partial charge in [0.1, 0.15) is 33.7 Å². The molecule has 3 N–H and O–H groups in total. The van der Waals surface area contributed by atoms with Crippen LogP contribution < -0.4 is 24.8 Å². The first-order chi connectivity index (χ1) is 28.7. The Bertz CT molecular complexity index is 2230. The minimum absolute atomic E-state index is 0.0426. The lowest BCUT2D eigenvalue weighted by atomic mass is 9.87. The molecular formula is C42H54F3N5O10S. The number of hydrogen-bond acceptors (Lipinski definition) is 11. The van der Waals surface area contributed by atoms with Crippen LogP contribution in [0.5, 0.6) is 11.5 Å². The number of benzene rings is 1. The fraction of sp³-hybridized carbons (Fsp3) is 0.643. The summed E-state index contributed by atoms with van der Waals surface area (Å²) >= 11 is 0. The molecule has 61 heavy (non-hydrogen) atoms. The number of nitrogens with one attached hydrogen (secondary N) is 3. The van der Waals surface area contributed by atoms with Gasteiger partial charge in [0, 0.05) is 30.4 Å². The van der Waals surface area contributed by atoms with E-state index < -0.39 is 85.3 Å². The van der Waals surface area contributed by atoms with Crippen LogP contribution in [0.3, 0.4) is 0 Å². The highest BCUT2D eigenvalue weighted by Crippen LogP contribution is 2.51. The fourth-order valence-electron chi connectivity index (χ4n) is 8.73. The van der Waals surface area contributed by atoms with Crippen molar-refractivity contribution >= 4 is 44.7 Å². The number of allylic oxidation sites excluding steroid dienone is 1. The SMILES string of the molecule is COCC1(S(=O)(=O)NC(=O)C23CC2C=CCCCCCC(NC(=O)OCC(C)(C)C)C(=O)N2CC4(CCc5c(c(C(F)(F)F)nc6ccc(OC)cc56)O4)CC2C(=O)N3)CC1. The van der Waals surface area contributed by atoms with Crippen molar-refractivity contribution in [1.29, 1.82) is 0 Å². The molecule has 19 heteroatoms. The van der Waals surface area contributed by atoms with Crippen LogP contribution in [-0.2, 0) is 46.5 Å². The number of ether oxygens (including phenoxy) is 4. The summed E-state index contributed by atoms with van der Waals surface area (Å²) in [5.74, 6) is -3.18. The molecule has 5 unspecified atom stereocenters. The van der Waals surface area contributed by atoms with E-state index in [-0.39, 0.29) is 81.2 Å². The van der Waals surface area contributed by atoms with Crippen molar-refractivity contribution in [3.8, 4) is 11.5 Å². The average molecular weight is 878 g/mol. The van der Waals surface area contributed by atoms with Crippen molar-refractivity contribution in [3.63, 3.8) is 0 Å². The fourth-order valence-corrected chi connectivity index (χ4v) is 10.3. The number of carbonyl (C=O) groups excluding carboxylic acids is 4. The number of aromatic nitrogens is 1. The minimum Gasteiger partial charge on any atom is -0.497 e. The van der Waals surface area contributed by atoms with Gasteiger partial charge in [-0.05, 0) is 75.0 Å². The number of carbonyl (C=O) groups is 4. The van der Waals surface area contributed by atoms with Crippen molar-refractivity contribution in [3.05, 3.63) is 41.6 Å². The van der Waals surface area contributed by atoms with Gasteiger partial charge in [0.15, 0.2) is 11.4 Å². The van der Waals surface area contributed by atoms with Crippen LogP contribution in [0.25, 0.3) is 10.9 Å². The first-order valence-electron chi connectivity index (χ1n) is 20.7. The number of pyridine rings is 1. The normalized spacial score (nSPS) is 27.7. The summed E-state index contributed by atoms with van der Waals surface area (Å²) in [6.45, 7) is 5.18. The van der Waals surface area contributed by atoms with Gasteiger partial charge in [0.2, 0.25) is 21.8 Å². The van der Waals surface area contributed by atoms with E-state index in [4.69, 9.17) is 18.9 Å². The van der Waals surface area contributed by atoms with Crippen molar-refractivity contribution in [2.45, 2.75) is 126 Å². The van der Waals surface area contributed by atoms with Gasteiger partial charge >= 0.3 is 12.3 Å². The van der Waals surface area contributed by atoms with E-state index in [0.29, 0.717) is 36.8 Å². The molecule has 0 bridgehead atoms. The molecular weight excluding hydrogens is 824 g/mol. The Morgan fingerprint density at radius 2 is 1.82 bits per heavy atom. The number of halogens is 3. The molecule has 15 nitrogen and oxygen atoms in total. The molecule has 4 amide bonds. The predicted molar refractivity (Wildman–Crippen MR) is 215 cm³/mol. The molecule has 5 atom stereocenters. The van der Waals surface area contributed by atoms with Crippen LogP contribution in [0.2, 0.25) is 0 Å². The summed E-state index contributed by atoms with van der Waals surface area (Å²) in [6.07, 6.45) is 0.944. The van der Waals surface area contributed by atoms with Gasteiger partial charge in [-0.15, -0.1) is 0 Å². The number of fused-ring (bicyclic) bond motifs is 5. The molecule has 334 valence electrons. The standard InChI is InChI=1S/C42H54F3N5O10S/c1-38(2,3)23-59-37(54)47-30-12-10-8-6-7-9-11-25-20-41(25,36(53)49-61(55,56)40(17-18-40)24-57-4)48-34(51)31-21-39(22-50(31)35(30)52)16-15-27-28-19-26(58-5)13-14-29(28)46-33(32(27)60-39)42(43,44)45/h9,11,13-14,19,25,30-31H,6-8,10,12,15-18,20-24H2,1-5H3,(H,47,54)(H,48,51)(H,49,53). The van der Waals surface area contributed by atoms with Crippen LogP contribution >= 0.6 is 0 Å². The number of rotatable bonds is 8. The molecule has 3 fully saturated rings. The number of amides is 4. The highest BCUT2D eigenvalue weighted by atomic mass is 32.2. The van der Waals surface area contributed by atoms with Crippen LogP contribution in [0.4, 0.5) is 18.0 Å². The molecule has 3 aliphatic heterocycles. The van der Waals surface area contributed by atoms with Gasteiger partial charge < -0.3 is 34.5 Å². The van der Waals surface area contributed by atoms with Crippen LogP contribution in [0, 0.1) is 11.3 Å². The van der Waals surface area contributed by atoms with Crippen LogP contribution in [0.1, 0.15) is 96.2 Å². The molecule has 5 aliphatic rings. The smallest absolute Gasteiger partial charge is 0.437 e. The second-order valence-electron chi connectivity index (χ2n) is 18.3. The molecule has 2 aliphatic carbocycles. The molecule has 1 aromatic heterocycles. The summed E-state index contributed by atoms with van der Waals surface area (Å²) in [4.78, 5) is 62.0. The van der Waals surface area contributed by atoms with Crippen LogP contribution in [0.15, 0.2) is 30.4 Å². The maximum atomic E-state index is 14.8. The van der Waals surface area contributed by atoms with Gasteiger partial charge in [-0.25, -0.2) is 18.2 Å². The topological polar surface area (TPSA) is 192 Å². The summed E-state index contributed by atoms with van der Waals surface area (Å²) in [6, 6.07) is 1.92. The van der Waals surface area contributed by atoms with Gasteiger partial charge in [0.05, 0.1) is 32.4 Å². The number of methoxy groups -OCH3 is 2. The Kier molecular flexibility index (Phi) is 11.8. The van der Waals surface area contributed by atoms with Gasteiger partial charge in [0.25, 0.3) is 5.91 Å². The zero-order chi connectivity index (χ0) is 44.2. The number of alkyl halides is 3. The van der Waals surface area contributed by atoms with Gasteiger partial charge in [-0.1, -0.05) is 45.8 Å². The number of aryl methyl sites for hydroxylation is 1. The highest BCUT2D eigenvalue weighted by molar-refractivity contribution is 7.91. The number of alkyl carbamates (subject to hydrolysis) is 1. The second-order valence-corrected chi connectivity index (χ2v) is 20.4. The Morgan fingerprint density at radius 3 is 2.49 bits per heavy atom. The third kappa shape index (κ3) is 8.99. The van der Waals surface area contributed by atoms with E-state index in [9.17, 15) is 40.8 Å². The van der Waals surface area contributed by atoms with E-state index in [1.54, 1.807) is 12.1 Å². The number of sulfonamides is 1. The first-order valence-corrected chi connectivity index (χ1v) is 22.2. The molecule has 7 rings (SSSR count). The summed E-state index contributed by atoms with van der Waals surface area (Å²) in [7, 11) is -1.45. The van der Waals surface area contributed by atoms with Crippen molar-refractivity contribution < 1.29 is 59.7 Å². The monoisotopic (exact) mass is 877 g/mol. The molecule has 2 saturated carbocycles. The first kappa shape index (κ1) is 44.4. The van der Waals surface area contributed by atoms with E-state index >= 15 is 0 Å². The zero-order valence-electron chi connectivity index (χ0n) is 35.0. The van der Waals surface area contributed by atoms with Crippen molar-refractivity contribution in [2.75, 3.05) is 34.0 Å². The lowest BCUT2D eigenvalue weighted by Gasteiger charge is -2.37. The average Bonchev–Trinajstić information content (AvgIpc) is 4.10. The van der Waals surface area contributed by atoms with E-state index in [2.05, 4.69) is 20.3 Å². The lowest BCUT2D eigenvalue weighted by molar-refractivity contribution is -0.144. The van der Waals surface area contributed by atoms with Crippen molar-refractivity contribution in [1.82, 2.24) is 25.2 Å². The largest absolute Gasteiger partial charge is 0.497 e. The van der Waals surface area contributed by atoms with E-state index in [1.165, 1.54) is 31.3 Å². The molecule has 0 radical (unpaired) electrons. The Labute approximate surface area is 352 Å². The number of hydrogen-bond donors (Lipinski definition) is 3. The van der Waals surface area contributed by atoms with E-state index in [0.717, 1.165) is 0 Å². The lowest BCUT2D eigenvalue weighted by Crippen LogP contribution is -2.59. The highest BCUT2D eigenvalue weighted by Gasteiger charge is 2.64. The quantitative estimate of drug-likeness (QED) is 0.300. The minimum atomic E-state index is -4.94. The maximum Gasteiger partial charge on any atom is 0.437 e. The zero-order valence-corrected chi connectivity index (χ0v) is 35.9.